The Kier molecular flexibility index (Phi) is 4.53. The Morgan fingerprint density at radius 2 is 1.92 bits per heavy atom. The van der Waals surface area contributed by atoms with Crippen LogP contribution in [-0.2, 0) is 16.0 Å². The zero-order valence-corrected chi connectivity index (χ0v) is 15.0. The van der Waals surface area contributed by atoms with Crippen LogP contribution < -0.4 is 0 Å². The van der Waals surface area contributed by atoms with Crippen LogP contribution in [0.15, 0.2) is 30.3 Å². The molecule has 4 heteroatoms. The zero-order valence-electron chi connectivity index (χ0n) is 15.0. The van der Waals surface area contributed by atoms with E-state index in [1.165, 1.54) is 5.56 Å². The van der Waals surface area contributed by atoms with Crippen LogP contribution in [0.25, 0.3) is 0 Å². The van der Waals surface area contributed by atoms with Crippen LogP contribution >= 0.6 is 0 Å². The van der Waals surface area contributed by atoms with E-state index in [2.05, 4.69) is 29.2 Å². The summed E-state index contributed by atoms with van der Waals surface area (Å²) in [6.45, 7) is 3.16. The van der Waals surface area contributed by atoms with E-state index < -0.39 is 0 Å². The first-order valence-electron chi connectivity index (χ1n) is 9.80. The minimum absolute atomic E-state index is 0.260. The first-order chi connectivity index (χ1) is 12.2. The van der Waals surface area contributed by atoms with E-state index in [0.717, 1.165) is 64.6 Å². The van der Waals surface area contributed by atoms with E-state index in [1.807, 2.05) is 11.0 Å². The summed E-state index contributed by atoms with van der Waals surface area (Å²) in [4.78, 5) is 29.5. The van der Waals surface area contributed by atoms with Gasteiger partial charge in [0, 0.05) is 32.1 Å². The maximum Gasteiger partial charge on any atom is 0.230 e. The summed E-state index contributed by atoms with van der Waals surface area (Å²) in [7, 11) is 0. The number of carbonyl (C=O) groups is 2. The second-order valence-corrected chi connectivity index (χ2v) is 8.05. The van der Waals surface area contributed by atoms with Crippen molar-refractivity contribution in [3.05, 3.63) is 35.9 Å². The number of amides is 2. The molecule has 2 amide bonds. The van der Waals surface area contributed by atoms with Crippen molar-refractivity contribution in [2.45, 2.75) is 44.9 Å². The Morgan fingerprint density at radius 3 is 2.68 bits per heavy atom. The summed E-state index contributed by atoms with van der Waals surface area (Å²) < 4.78 is 0. The van der Waals surface area contributed by atoms with Gasteiger partial charge in [0.1, 0.15) is 0 Å². The molecular weight excluding hydrogens is 312 g/mol. The number of benzene rings is 1. The fourth-order valence-electron chi connectivity index (χ4n) is 4.51. The lowest BCUT2D eigenvalue weighted by Crippen LogP contribution is -2.50. The Hall–Kier alpha value is -1.84. The van der Waals surface area contributed by atoms with Gasteiger partial charge in [-0.3, -0.25) is 9.59 Å². The van der Waals surface area contributed by atoms with Crippen LogP contribution in [0.2, 0.25) is 0 Å². The molecule has 1 aromatic carbocycles. The molecule has 1 saturated carbocycles. The molecule has 1 atom stereocenters. The Bertz CT molecular complexity index is 641. The first kappa shape index (κ1) is 16.6. The molecule has 3 fully saturated rings. The smallest absolute Gasteiger partial charge is 0.230 e. The highest BCUT2D eigenvalue weighted by Crippen LogP contribution is 2.42. The Morgan fingerprint density at radius 1 is 1.12 bits per heavy atom. The quantitative estimate of drug-likeness (QED) is 0.827. The predicted molar refractivity (Wildman–Crippen MR) is 96.9 cm³/mol. The van der Waals surface area contributed by atoms with E-state index in [9.17, 15) is 9.59 Å². The average Bonchev–Trinajstić information content (AvgIpc) is 3.40. The van der Waals surface area contributed by atoms with Crippen LogP contribution in [0.5, 0.6) is 0 Å². The van der Waals surface area contributed by atoms with Crippen molar-refractivity contribution in [2.24, 2.45) is 11.3 Å². The summed E-state index contributed by atoms with van der Waals surface area (Å²) in [5.74, 6) is 0.861. The van der Waals surface area contributed by atoms with E-state index >= 15 is 0 Å². The fourth-order valence-corrected chi connectivity index (χ4v) is 4.51. The summed E-state index contributed by atoms with van der Waals surface area (Å²) in [5, 5.41) is 0. The lowest BCUT2D eigenvalue weighted by atomic mass is 9.78. The van der Waals surface area contributed by atoms with Crippen molar-refractivity contribution < 1.29 is 9.59 Å². The minimum Gasteiger partial charge on any atom is -0.342 e. The van der Waals surface area contributed by atoms with Gasteiger partial charge in [0.15, 0.2) is 0 Å². The number of hydrogen-bond donors (Lipinski definition) is 0. The number of rotatable bonds is 5. The van der Waals surface area contributed by atoms with Crippen molar-refractivity contribution in [3.63, 3.8) is 0 Å². The molecule has 1 spiro atoms. The van der Waals surface area contributed by atoms with Gasteiger partial charge < -0.3 is 9.80 Å². The number of aryl methyl sites for hydroxylation is 1. The number of piperidine rings is 1. The second-order valence-electron chi connectivity index (χ2n) is 8.05. The largest absolute Gasteiger partial charge is 0.342 e. The molecule has 2 saturated heterocycles. The van der Waals surface area contributed by atoms with Crippen LogP contribution in [0, 0.1) is 11.3 Å². The maximum absolute atomic E-state index is 13.1. The average molecular weight is 340 g/mol. The molecule has 3 aliphatic rings. The van der Waals surface area contributed by atoms with Crippen LogP contribution in [0.1, 0.15) is 44.1 Å². The first-order valence-corrected chi connectivity index (χ1v) is 9.80. The summed E-state index contributed by atoms with van der Waals surface area (Å²) >= 11 is 0. The van der Waals surface area contributed by atoms with Crippen molar-refractivity contribution in [3.8, 4) is 0 Å². The van der Waals surface area contributed by atoms with Crippen LogP contribution in [-0.4, -0.2) is 47.8 Å². The molecule has 134 valence electrons. The number of carbonyl (C=O) groups excluding carboxylic acids is 2. The zero-order chi connectivity index (χ0) is 17.3. The molecule has 0 bridgehead atoms. The molecule has 4 rings (SSSR count). The Labute approximate surface area is 150 Å². The van der Waals surface area contributed by atoms with Gasteiger partial charge in [0.05, 0.1) is 5.41 Å². The van der Waals surface area contributed by atoms with E-state index in [0.29, 0.717) is 18.4 Å². The molecule has 1 aromatic rings. The predicted octanol–water partition coefficient (Wildman–Crippen LogP) is 2.87. The van der Waals surface area contributed by atoms with Gasteiger partial charge in [-0.2, -0.15) is 0 Å². The van der Waals surface area contributed by atoms with Crippen molar-refractivity contribution in [1.82, 2.24) is 9.80 Å². The van der Waals surface area contributed by atoms with Gasteiger partial charge in [-0.1, -0.05) is 30.3 Å². The molecule has 1 unspecified atom stereocenters. The monoisotopic (exact) mass is 340 g/mol. The molecule has 4 nitrogen and oxygen atoms in total. The van der Waals surface area contributed by atoms with E-state index in [1.54, 1.807) is 0 Å². The second kappa shape index (κ2) is 6.81. The van der Waals surface area contributed by atoms with Crippen LogP contribution in [0.3, 0.4) is 0 Å². The third-order valence-electron chi connectivity index (χ3n) is 6.15. The molecule has 0 N–H and O–H groups in total. The SMILES string of the molecule is O=C(C1CC1)N1CCC2(CCCN(CCCc3ccccc3)C2=O)C1. The molecule has 0 radical (unpaired) electrons. The van der Waals surface area contributed by atoms with Crippen molar-refractivity contribution in [1.29, 1.82) is 0 Å². The van der Waals surface area contributed by atoms with Crippen molar-refractivity contribution >= 4 is 11.8 Å². The molecule has 2 aliphatic heterocycles. The number of nitrogens with zero attached hydrogens (tertiary/aromatic N) is 2. The topological polar surface area (TPSA) is 40.6 Å². The number of likely N-dealkylation sites (tertiary alicyclic amines) is 2. The molecule has 0 aromatic heterocycles. The molecule has 1 aliphatic carbocycles. The highest BCUT2D eigenvalue weighted by molar-refractivity contribution is 5.87. The van der Waals surface area contributed by atoms with Gasteiger partial charge in [0.2, 0.25) is 11.8 Å². The number of hydrogen-bond acceptors (Lipinski definition) is 2. The minimum atomic E-state index is -0.282. The maximum atomic E-state index is 13.1. The third-order valence-corrected chi connectivity index (χ3v) is 6.15. The summed E-state index contributed by atoms with van der Waals surface area (Å²) in [5.41, 5.74) is 1.05. The lowest BCUT2D eigenvalue weighted by molar-refractivity contribution is -0.146. The highest BCUT2D eigenvalue weighted by Gasteiger charge is 2.50. The van der Waals surface area contributed by atoms with Gasteiger partial charge >= 0.3 is 0 Å². The van der Waals surface area contributed by atoms with Crippen LogP contribution in [0.4, 0.5) is 0 Å². The lowest BCUT2D eigenvalue weighted by Gasteiger charge is -2.39. The normalized spacial score (nSPS) is 26.5. The summed E-state index contributed by atoms with van der Waals surface area (Å²) in [6.07, 6.45) is 7.00. The van der Waals surface area contributed by atoms with Gasteiger partial charge in [-0.05, 0) is 50.5 Å². The van der Waals surface area contributed by atoms with E-state index in [4.69, 9.17) is 0 Å². The molecule has 2 heterocycles. The van der Waals surface area contributed by atoms with Crippen molar-refractivity contribution in [2.75, 3.05) is 26.2 Å². The van der Waals surface area contributed by atoms with Gasteiger partial charge in [-0.15, -0.1) is 0 Å². The highest BCUT2D eigenvalue weighted by atomic mass is 16.2. The van der Waals surface area contributed by atoms with Gasteiger partial charge in [0.25, 0.3) is 0 Å². The van der Waals surface area contributed by atoms with Gasteiger partial charge in [-0.25, -0.2) is 0 Å². The fraction of sp³-hybridized carbons (Fsp3) is 0.619. The summed E-state index contributed by atoms with van der Waals surface area (Å²) in [6, 6.07) is 10.5. The Balaban J connectivity index is 1.33. The standard InChI is InChI=1S/C21H28N2O2/c24-19(18-9-10-18)23-15-12-21(16-23)11-5-14-22(20(21)25)13-4-8-17-6-2-1-3-7-17/h1-3,6-7,18H,4-5,8-16H2. The third kappa shape index (κ3) is 3.44. The molecule has 25 heavy (non-hydrogen) atoms. The van der Waals surface area contributed by atoms with E-state index in [-0.39, 0.29) is 11.3 Å². The molecular formula is C21H28N2O2.